The van der Waals surface area contributed by atoms with Crippen LogP contribution in [0.3, 0.4) is 0 Å². The van der Waals surface area contributed by atoms with Crippen molar-refractivity contribution in [1.29, 1.82) is 0 Å². The van der Waals surface area contributed by atoms with Crippen LogP contribution in [0, 0.1) is 13.8 Å². The van der Waals surface area contributed by atoms with Crippen molar-refractivity contribution < 1.29 is 4.79 Å². The average Bonchev–Trinajstić information content (AvgIpc) is 3.17. The Morgan fingerprint density at radius 2 is 2.04 bits per heavy atom. The second-order valence-electron chi connectivity index (χ2n) is 6.44. The van der Waals surface area contributed by atoms with Crippen molar-refractivity contribution in [3.8, 4) is 0 Å². The van der Waals surface area contributed by atoms with Crippen LogP contribution in [0.15, 0.2) is 11.2 Å². The fourth-order valence-electron chi connectivity index (χ4n) is 3.61. The molecule has 0 unspecified atom stereocenters. The van der Waals surface area contributed by atoms with Gasteiger partial charge in [0.05, 0.1) is 11.8 Å². The van der Waals surface area contributed by atoms with Gasteiger partial charge in [0.1, 0.15) is 0 Å². The number of tetrazole rings is 1. The van der Waals surface area contributed by atoms with E-state index in [2.05, 4.69) is 27.0 Å². The Hall–Kier alpha value is -1.63. The summed E-state index contributed by atoms with van der Waals surface area (Å²) in [5, 5.41) is 12.9. The lowest BCUT2D eigenvalue weighted by Crippen LogP contribution is -2.16. The monoisotopic (exact) mass is 347 g/mol. The van der Waals surface area contributed by atoms with Crippen molar-refractivity contribution in [2.45, 2.75) is 70.6 Å². The predicted molar refractivity (Wildman–Crippen MR) is 94.6 cm³/mol. The van der Waals surface area contributed by atoms with Crippen molar-refractivity contribution >= 4 is 17.5 Å². The van der Waals surface area contributed by atoms with Crippen LogP contribution < -0.4 is 0 Å². The molecule has 1 fully saturated rings. The first-order valence-electron chi connectivity index (χ1n) is 8.72. The van der Waals surface area contributed by atoms with Gasteiger partial charge in [0.2, 0.25) is 5.16 Å². The minimum Gasteiger partial charge on any atom is -0.349 e. The van der Waals surface area contributed by atoms with Crippen LogP contribution in [0.25, 0.3) is 0 Å². The molecule has 1 aliphatic rings. The van der Waals surface area contributed by atoms with E-state index in [1.165, 1.54) is 31.0 Å². The smallest absolute Gasteiger partial charge is 0.210 e. The summed E-state index contributed by atoms with van der Waals surface area (Å²) in [4.78, 5) is 12.6. The fraction of sp³-hybridized carbons (Fsp3) is 0.647. The molecule has 2 aromatic heterocycles. The Kier molecular flexibility index (Phi) is 5.38. The van der Waals surface area contributed by atoms with Gasteiger partial charge in [0.25, 0.3) is 0 Å². The number of carbonyl (C=O) groups is 1. The van der Waals surface area contributed by atoms with Gasteiger partial charge in [-0.2, -0.15) is 0 Å². The number of carbonyl (C=O) groups excluding carboxylic acids is 1. The maximum absolute atomic E-state index is 12.6. The number of hydrogen-bond donors (Lipinski definition) is 0. The van der Waals surface area contributed by atoms with Crippen LogP contribution in [0.5, 0.6) is 0 Å². The molecule has 1 saturated carbocycles. The van der Waals surface area contributed by atoms with Crippen LogP contribution >= 0.6 is 11.8 Å². The van der Waals surface area contributed by atoms with Gasteiger partial charge in [0.15, 0.2) is 5.78 Å². The number of rotatable bonds is 6. The highest BCUT2D eigenvalue weighted by molar-refractivity contribution is 7.99. The summed E-state index contributed by atoms with van der Waals surface area (Å²) in [5.41, 5.74) is 3.00. The van der Waals surface area contributed by atoms with Gasteiger partial charge in [-0.3, -0.25) is 4.79 Å². The molecule has 0 bridgehead atoms. The number of ketones is 1. The Morgan fingerprint density at radius 3 is 2.71 bits per heavy atom. The molecule has 0 amide bonds. The van der Waals surface area contributed by atoms with Gasteiger partial charge in [0, 0.05) is 23.5 Å². The van der Waals surface area contributed by atoms with E-state index in [1.54, 1.807) is 0 Å². The largest absolute Gasteiger partial charge is 0.349 e. The van der Waals surface area contributed by atoms with Gasteiger partial charge in [-0.15, -0.1) is 5.10 Å². The summed E-state index contributed by atoms with van der Waals surface area (Å²) >= 11 is 1.45. The van der Waals surface area contributed by atoms with Gasteiger partial charge < -0.3 is 4.57 Å². The van der Waals surface area contributed by atoms with Gasteiger partial charge in [-0.05, 0) is 50.1 Å². The van der Waals surface area contributed by atoms with Crippen molar-refractivity contribution in [2.75, 3.05) is 5.75 Å². The van der Waals surface area contributed by atoms with Gasteiger partial charge in [-0.1, -0.05) is 31.0 Å². The van der Waals surface area contributed by atoms with E-state index in [4.69, 9.17) is 0 Å². The molecule has 24 heavy (non-hydrogen) atoms. The van der Waals surface area contributed by atoms with E-state index >= 15 is 0 Å². The lowest BCUT2D eigenvalue weighted by molar-refractivity contribution is 0.102. The van der Waals surface area contributed by atoms with Crippen LogP contribution in [0.4, 0.5) is 0 Å². The molecule has 0 N–H and O–H groups in total. The van der Waals surface area contributed by atoms with E-state index in [0.717, 1.165) is 41.5 Å². The van der Waals surface area contributed by atoms with Crippen molar-refractivity contribution in [2.24, 2.45) is 0 Å². The van der Waals surface area contributed by atoms with Crippen LogP contribution in [0.1, 0.15) is 66.8 Å². The number of Topliss-reactive ketones (excluding diaryl/α,β-unsaturated/α-hetero) is 1. The maximum atomic E-state index is 12.6. The molecule has 130 valence electrons. The second-order valence-corrected chi connectivity index (χ2v) is 7.38. The van der Waals surface area contributed by atoms with E-state index in [9.17, 15) is 4.79 Å². The van der Waals surface area contributed by atoms with Crippen molar-refractivity contribution in [3.63, 3.8) is 0 Å². The lowest BCUT2D eigenvalue weighted by Gasteiger charge is -2.21. The molecule has 0 atom stereocenters. The zero-order valence-corrected chi connectivity index (χ0v) is 15.5. The first-order valence-corrected chi connectivity index (χ1v) is 9.71. The van der Waals surface area contributed by atoms with E-state index in [0.29, 0.717) is 11.8 Å². The molecule has 2 heterocycles. The Labute approximate surface area is 147 Å². The van der Waals surface area contributed by atoms with Crippen LogP contribution in [-0.2, 0) is 6.54 Å². The highest BCUT2D eigenvalue weighted by Crippen LogP contribution is 2.30. The fourth-order valence-corrected chi connectivity index (χ4v) is 4.44. The molecule has 3 rings (SSSR count). The molecule has 0 saturated heterocycles. The van der Waals surface area contributed by atoms with E-state index in [1.807, 2.05) is 24.6 Å². The minimum absolute atomic E-state index is 0.144. The Balaban J connectivity index is 1.68. The molecule has 0 aliphatic heterocycles. The average molecular weight is 347 g/mol. The van der Waals surface area contributed by atoms with Crippen molar-refractivity contribution in [1.82, 2.24) is 24.8 Å². The molecular weight excluding hydrogens is 322 g/mol. The molecule has 0 radical (unpaired) electrons. The topological polar surface area (TPSA) is 65.6 Å². The van der Waals surface area contributed by atoms with Gasteiger partial charge in [-0.25, -0.2) is 4.68 Å². The van der Waals surface area contributed by atoms with Crippen molar-refractivity contribution in [3.05, 3.63) is 23.0 Å². The second kappa shape index (κ2) is 7.51. The lowest BCUT2D eigenvalue weighted by atomic mass is 9.96. The first kappa shape index (κ1) is 17.2. The zero-order valence-electron chi connectivity index (χ0n) is 14.7. The third-order valence-electron chi connectivity index (χ3n) is 4.91. The van der Waals surface area contributed by atoms with Gasteiger partial charge >= 0.3 is 0 Å². The molecule has 6 nitrogen and oxygen atoms in total. The summed E-state index contributed by atoms with van der Waals surface area (Å²) in [6.45, 7) is 7.05. The molecule has 0 spiro atoms. The highest BCUT2D eigenvalue weighted by atomic mass is 32.2. The quantitative estimate of drug-likeness (QED) is 0.590. The molecule has 7 heteroatoms. The zero-order chi connectivity index (χ0) is 17.1. The standard InChI is InChI=1S/C17H25N5OS/c1-4-21-12(2)10-15(13(21)3)16(23)11-24-17-18-19-20-22(17)14-8-6-5-7-9-14/h10,14H,4-9,11H2,1-3H3. The highest BCUT2D eigenvalue weighted by Gasteiger charge is 2.22. The maximum Gasteiger partial charge on any atom is 0.210 e. The summed E-state index contributed by atoms with van der Waals surface area (Å²) in [6, 6.07) is 2.38. The van der Waals surface area contributed by atoms with E-state index < -0.39 is 0 Å². The third-order valence-corrected chi connectivity index (χ3v) is 5.84. The molecule has 1 aliphatic carbocycles. The Morgan fingerprint density at radius 1 is 1.29 bits per heavy atom. The Bertz CT molecular complexity index is 715. The summed E-state index contributed by atoms with van der Waals surface area (Å²) < 4.78 is 4.09. The summed E-state index contributed by atoms with van der Waals surface area (Å²) in [6.07, 6.45) is 6.02. The van der Waals surface area contributed by atoms with E-state index in [-0.39, 0.29) is 5.78 Å². The normalized spacial score (nSPS) is 15.8. The minimum atomic E-state index is 0.144. The SMILES string of the molecule is CCn1c(C)cc(C(=O)CSc2nnnn2C2CCCCC2)c1C. The predicted octanol–water partition coefficient (Wildman–Crippen LogP) is 3.59. The number of aryl methyl sites for hydroxylation is 1. The summed E-state index contributed by atoms with van der Waals surface area (Å²) in [5.74, 6) is 0.521. The number of aromatic nitrogens is 5. The molecular formula is C17H25N5OS. The summed E-state index contributed by atoms with van der Waals surface area (Å²) in [7, 11) is 0. The molecule has 2 aromatic rings. The third kappa shape index (κ3) is 3.41. The number of hydrogen-bond acceptors (Lipinski definition) is 5. The number of thioether (sulfide) groups is 1. The van der Waals surface area contributed by atoms with Crippen LogP contribution in [0.2, 0.25) is 0 Å². The number of nitrogens with zero attached hydrogens (tertiary/aromatic N) is 5. The first-order chi connectivity index (χ1) is 11.6. The molecule has 0 aromatic carbocycles. The van der Waals surface area contributed by atoms with Crippen LogP contribution in [-0.4, -0.2) is 36.3 Å².